The summed E-state index contributed by atoms with van der Waals surface area (Å²) < 4.78 is 186. The van der Waals surface area contributed by atoms with Crippen LogP contribution >= 0.6 is 23.0 Å². The van der Waals surface area contributed by atoms with Crippen molar-refractivity contribution in [2.75, 3.05) is 0 Å². The van der Waals surface area contributed by atoms with Gasteiger partial charge in [0.05, 0.1) is 0 Å². The minimum absolute atomic E-state index is 0.0883. The number of hydrogen-bond acceptors (Lipinski definition) is 3. The van der Waals surface area contributed by atoms with Crippen molar-refractivity contribution in [1.82, 2.24) is 0 Å². The Morgan fingerprint density at radius 1 is 0.583 bits per heavy atom. The minimum atomic E-state index is -8.18. The molecule has 0 radical (unpaired) electrons. The van der Waals surface area contributed by atoms with Crippen molar-refractivity contribution < 1.29 is 68.0 Å². The molecular formula is C6F13IO3S. The predicted molar refractivity (Wildman–Crippen MR) is 54.8 cm³/mol. The predicted octanol–water partition coefficient (Wildman–Crippen LogP) is 4.38. The maximum absolute atomic E-state index is 12.9. The fourth-order valence-corrected chi connectivity index (χ4v) is 2.15. The number of hydrogen-bond donors (Lipinski definition) is 0. The molecule has 0 rings (SSSR count). The van der Waals surface area contributed by atoms with Gasteiger partial charge in [-0.1, -0.05) is 0 Å². The van der Waals surface area contributed by atoms with Gasteiger partial charge in [0.15, 0.2) is 0 Å². The SMILES string of the molecule is O=S(=O)(OI)C(F)(F)C(F)(F)C(F)(F)C(F)(F)C(F)(F)C(F)(F)F. The molecule has 0 aliphatic carbocycles. The Kier molecular flexibility index (Phi) is 5.81. The fraction of sp³-hybridized carbons (Fsp3) is 1.00. The van der Waals surface area contributed by atoms with Gasteiger partial charge in [0.2, 0.25) is 0 Å². The second-order valence-corrected chi connectivity index (χ2v) is 6.45. The summed E-state index contributed by atoms with van der Waals surface area (Å²) in [4.78, 5) is 0. The first kappa shape index (κ1) is 23.7. The molecule has 0 aliphatic heterocycles. The minimum Gasteiger partial charge on any atom is -0.194 e. The summed E-state index contributed by atoms with van der Waals surface area (Å²) in [5.41, 5.74) is 0. The molecule has 0 amide bonds. The van der Waals surface area contributed by atoms with Gasteiger partial charge in [-0.25, -0.2) is 0 Å². The molecular weight excluding hydrogens is 526 g/mol. The van der Waals surface area contributed by atoms with Gasteiger partial charge in [0.25, 0.3) is 0 Å². The second kappa shape index (κ2) is 5.88. The summed E-state index contributed by atoms with van der Waals surface area (Å²) >= 11 is -0.0883. The Morgan fingerprint density at radius 3 is 1.12 bits per heavy atom. The molecule has 0 saturated heterocycles. The third-order valence-electron chi connectivity index (χ3n) is 2.30. The lowest BCUT2D eigenvalue weighted by atomic mass is 9.98. The third-order valence-corrected chi connectivity index (χ3v) is 4.77. The van der Waals surface area contributed by atoms with Crippen LogP contribution in [0.2, 0.25) is 0 Å². The van der Waals surface area contributed by atoms with Crippen molar-refractivity contribution >= 4 is 33.1 Å². The summed E-state index contributed by atoms with van der Waals surface area (Å²) in [5.74, 6) is -32.2. The Morgan fingerprint density at radius 2 is 0.875 bits per heavy atom. The molecule has 0 aromatic rings. The van der Waals surface area contributed by atoms with E-state index in [0.717, 1.165) is 0 Å². The van der Waals surface area contributed by atoms with Crippen LogP contribution in [0.1, 0.15) is 0 Å². The van der Waals surface area contributed by atoms with E-state index >= 15 is 0 Å². The van der Waals surface area contributed by atoms with E-state index in [0.29, 0.717) is 0 Å². The van der Waals surface area contributed by atoms with E-state index in [1.807, 2.05) is 0 Å². The maximum atomic E-state index is 12.9. The van der Waals surface area contributed by atoms with Crippen molar-refractivity contribution in [3.8, 4) is 0 Å². The molecule has 0 spiro atoms. The molecule has 146 valence electrons. The largest absolute Gasteiger partial charge is 0.460 e. The van der Waals surface area contributed by atoms with Gasteiger partial charge in [-0.3, -0.25) is 0 Å². The summed E-state index contributed by atoms with van der Waals surface area (Å²) in [7, 11) is -7.12. The smallest absolute Gasteiger partial charge is 0.194 e. The van der Waals surface area contributed by atoms with Gasteiger partial charge in [-0.15, -0.1) is 0 Å². The van der Waals surface area contributed by atoms with E-state index in [-0.39, 0.29) is 23.0 Å². The normalized spacial score (nSPS) is 16.4. The highest BCUT2D eigenvalue weighted by atomic mass is 127. The molecule has 0 N–H and O–H groups in total. The van der Waals surface area contributed by atoms with E-state index in [4.69, 9.17) is 0 Å². The zero-order chi connectivity index (χ0) is 20.2. The van der Waals surface area contributed by atoms with Crippen LogP contribution in [0.3, 0.4) is 0 Å². The molecule has 3 nitrogen and oxygen atoms in total. The van der Waals surface area contributed by atoms with Crippen molar-refractivity contribution in [3.05, 3.63) is 0 Å². The van der Waals surface area contributed by atoms with Crippen LogP contribution < -0.4 is 0 Å². The van der Waals surface area contributed by atoms with E-state index in [9.17, 15) is 65.5 Å². The molecule has 18 heteroatoms. The first-order valence-electron chi connectivity index (χ1n) is 4.57. The highest BCUT2D eigenvalue weighted by molar-refractivity contribution is 14.1. The molecule has 0 aliphatic rings. The van der Waals surface area contributed by atoms with E-state index < -0.39 is 45.2 Å². The monoisotopic (exact) mass is 526 g/mol. The molecule has 0 unspecified atom stereocenters. The van der Waals surface area contributed by atoms with E-state index in [1.54, 1.807) is 0 Å². The highest BCUT2D eigenvalue weighted by Gasteiger charge is 2.92. The number of rotatable bonds is 6. The Balaban J connectivity index is 6.52. The lowest BCUT2D eigenvalue weighted by molar-refractivity contribution is -0.433. The molecule has 0 heterocycles. The van der Waals surface area contributed by atoms with E-state index in [1.165, 1.54) is 0 Å². The standard InChI is InChI=1S/C6F13IO3S/c7-1(8,3(11,12)5(15,16)17)2(9,10)4(13,14)6(18,19)24(21,22)23-20. The van der Waals surface area contributed by atoms with Crippen LogP contribution in [-0.2, 0) is 12.6 Å². The van der Waals surface area contributed by atoms with Gasteiger partial charge < -0.3 is 0 Å². The maximum Gasteiger partial charge on any atom is 0.460 e. The molecule has 0 aromatic heterocycles. The van der Waals surface area contributed by atoms with Gasteiger partial charge in [-0.05, 0) is 0 Å². The average Bonchev–Trinajstić information content (AvgIpc) is 2.36. The summed E-state index contributed by atoms with van der Waals surface area (Å²) in [5, 5.41) is -7.30. The first-order chi connectivity index (χ1) is 10.1. The highest BCUT2D eigenvalue weighted by Crippen LogP contribution is 2.61. The molecule has 24 heavy (non-hydrogen) atoms. The van der Waals surface area contributed by atoms with Crippen LogP contribution in [0.4, 0.5) is 57.1 Å². The van der Waals surface area contributed by atoms with Crippen LogP contribution in [0.25, 0.3) is 0 Å². The number of halogens is 14. The first-order valence-corrected chi connectivity index (χ1v) is 6.85. The lowest BCUT2D eigenvalue weighted by Crippen LogP contribution is -2.71. The Bertz CT molecular complexity index is 579. The lowest BCUT2D eigenvalue weighted by Gasteiger charge is -2.38. The van der Waals surface area contributed by atoms with Crippen molar-refractivity contribution in [3.63, 3.8) is 0 Å². The van der Waals surface area contributed by atoms with Crippen molar-refractivity contribution in [2.45, 2.75) is 35.1 Å². The van der Waals surface area contributed by atoms with Crippen LogP contribution in [0, 0.1) is 0 Å². The summed E-state index contributed by atoms with van der Waals surface area (Å²) in [6.07, 6.45) is -7.57. The number of alkyl halides is 13. The Labute approximate surface area is 136 Å². The summed E-state index contributed by atoms with van der Waals surface area (Å²) in [6, 6.07) is 0. The van der Waals surface area contributed by atoms with Gasteiger partial charge in [-0.2, -0.15) is 68.0 Å². The quantitative estimate of drug-likeness (QED) is 0.382. The van der Waals surface area contributed by atoms with E-state index in [2.05, 4.69) is 2.51 Å². The van der Waals surface area contributed by atoms with Crippen molar-refractivity contribution in [1.29, 1.82) is 0 Å². The average molecular weight is 526 g/mol. The van der Waals surface area contributed by atoms with Crippen LogP contribution in [0.5, 0.6) is 0 Å². The van der Waals surface area contributed by atoms with Crippen molar-refractivity contribution in [2.24, 2.45) is 0 Å². The zero-order valence-corrected chi connectivity index (χ0v) is 12.9. The van der Waals surface area contributed by atoms with Crippen LogP contribution in [-0.4, -0.2) is 43.5 Å². The molecule has 0 aromatic carbocycles. The molecule has 0 saturated carbocycles. The molecule has 0 fully saturated rings. The summed E-state index contributed by atoms with van der Waals surface area (Å²) in [6.45, 7) is 0. The van der Waals surface area contributed by atoms with Gasteiger partial charge in [0, 0.05) is 0 Å². The van der Waals surface area contributed by atoms with Crippen LogP contribution in [0.15, 0.2) is 0 Å². The Hall–Kier alpha value is -0.270. The van der Waals surface area contributed by atoms with Gasteiger partial charge in [0.1, 0.15) is 23.0 Å². The zero-order valence-electron chi connectivity index (χ0n) is 9.92. The third kappa shape index (κ3) is 2.90. The van der Waals surface area contributed by atoms with Gasteiger partial charge >= 0.3 is 45.2 Å². The molecule has 0 bridgehead atoms. The second-order valence-electron chi connectivity index (χ2n) is 3.83. The topological polar surface area (TPSA) is 43.4 Å². The fourth-order valence-electron chi connectivity index (χ4n) is 0.952. The molecule has 0 atom stereocenters.